The molecule has 1 fully saturated rings. The molecule has 0 saturated carbocycles. The summed E-state index contributed by atoms with van der Waals surface area (Å²) in [4.78, 5) is 10.9. The van der Waals surface area contributed by atoms with Crippen molar-refractivity contribution in [3.8, 4) is 0 Å². The average Bonchev–Trinajstić information content (AvgIpc) is 2.29. The second-order valence-corrected chi connectivity index (χ2v) is 6.40. The molecular weight excluding hydrogens is 306 g/mol. The minimum atomic E-state index is -1.08. The molecule has 17 heavy (non-hydrogen) atoms. The molecule has 1 heterocycles. The molecule has 4 nitrogen and oxygen atoms in total. The Morgan fingerprint density at radius 2 is 2.00 bits per heavy atom. The predicted molar refractivity (Wildman–Crippen MR) is 69.3 cm³/mol. The maximum atomic E-state index is 11.6. The van der Waals surface area contributed by atoms with Crippen molar-refractivity contribution in [2.45, 2.75) is 12.1 Å². The highest BCUT2D eigenvalue weighted by Crippen LogP contribution is 2.21. The first-order chi connectivity index (χ1) is 8.06. The molecule has 0 spiro atoms. The summed E-state index contributed by atoms with van der Waals surface area (Å²) in [6, 6.07) is 6.72. The Bertz CT molecular complexity index is 449. The van der Waals surface area contributed by atoms with Crippen molar-refractivity contribution < 1.29 is 14.1 Å². The van der Waals surface area contributed by atoms with Crippen molar-refractivity contribution >= 4 is 32.7 Å². The molecule has 0 bridgehead atoms. The van der Waals surface area contributed by atoms with E-state index in [0.29, 0.717) is 5.75 Å². The highest BCUT2D eigenvalue weighted by Gasteiger charge is 2.30. The first-order valence-corrected chi connectivity index (χ1v) is 7.43. The van der Waals surface area contributed by atoms with E-state index in [4.69, 9.17) is 5.11 Å². The Labute approximate surface area is 110 Å². The van der Waals surface area contributed by atoms with E-state index in [0.717, 1.165) is 10.0 Å². The Morgan fingerprint density at radius 1 is 1.35 bits per heavy atom. The van der Waals surface area contributed by atoms with Gasteiger partial charge in [0.2, 0.25) is 0 Å². The fourth-order valence-corrected chi connectivity index (χ4v) is 3.48. The summed E-state index contributed by atoms with van der Waals surface area (Å²) in [5.41, 5.74) is 0.965. The summed E-state index contributed by atoms with van der Waals surface area (Å²) in [6.07, 6.45) is 0. The van der Waals surface area contributed by atoms with Crippen LogP contribution in [0.3, 0.4) is 0 Å². The maximum absolute atomic E-state index is 11.6. The van der Waals surface area contributed by atoms with Gasteiger partial charge in [-0.3, -0.25) is 14.3 Å². The molecule has 1 aromatic carbocycles. The third-order valence-electron chi connectivity index (χ3n) is 2.68. The standard InChI is InChI=1S/C11H12BrNO3S/c12-8-3-1-7(2-4-8)9-5-17(16)6-10(13-9)11(14)15/h1-4,9-10,13H,5-6H2,(H,14,15). The van der Waals surface area contributed by atoms with Crippen LogP contribution in [-0.2, 0) is 15.6 Å². The van der Waals surface area contributed by atoms with Crippen LogP contribution < -0.4 is 5.32 Å². The van der Waals surface area contributed by atoms with Gasteiger partial charge in [-0.1, -0.05) is 28.1 Å². The predicted octanol–water partition coefficient (Wildman–Crippen LogP) is 1.30. The number of carboxylic acids is 1. The van der Waals surface area contributed by atoms with Crippen molar-refractivity contribution in [2.75, 3.05) is 11.5 Å². The topological polar surface area (TPSA) is 66.4 Å². The van der Waals surface area contributed by atoms with Gasteiger partial charge in [-0.25, -0.2) is 0 Å². The van der Waals surface area contributed by atoms with E-state index in [-0.39, 0.29) is 11.8 Å². The van der Waals surface area contributed by atoms with Gasteiger partial charge in [0.25, 0.3) is 0 Å². The Hall–Kier alpha value is -0.720. The SMILES string of the molecule is O=C(O)C1CS(=O)CC(c2ccc(Br)cc2)N1. The van der Waals surface area contributed by atoms with Gasteiger partial charge in [-0.05, 0) is 17.7 Å². The monoisotopic (exact) mass is 317 g/mol. The van der Waals surface area contributed by atoms with Crippen molar-refractivity contribution in [3.05, 3.63) is 34.3 Å². The van der Waals surface area contributed by atoms with E-state index in [1.54, 1.807) is 0 Å². The molecule has 3 atom stereocenters. The lowest BCUT2D eigenvalue weighted by Crippen LogP contribution is -2.49. The fraction of sp³-hybridized carbons (Fsp3) is 0.364. The zero-order valence-corrected chi connectivity index (χ0v) is 11.3. The van der Waals surface area contributed by atoms with Gasteiger partial charge in [0.15, 0.2) is 0 Å². The molecule has 1 saturated heterocycles. The number of halogens is 1. The number of rotatable bonds is 2. The van der Waals surface area contributed by atoms with Gasteiger partial charge in [0.05, 0.1) is 0 Å². The van der Waals surface area contributed by atoms with Gasteiger partial charge < -0.3 is 5.11 Å². The minimum absolute atomic E-state index is 0.154. The number of nitrogens with one attached hydrogen (secondary N) is 1. The molecule has 2 N–H and O–H groups in total. The largest absolute Gasteiger partial charge is 0.480 e. The van der Waals surface area contributed by atoms with Crippen molar-refractivity contribution in [3.63, 3.8) is 0 Å². The molecule has 2 rings (SSSR count). The first kappa shape index (κ1) is 12.7. The Morgan fingerprint density at radius 3 is 2.59 bits per heavy atom. The van der Waals surface area contributed by atoms with Gasteiger partial charge in [0.1, 0.15) is 6.04 Å². The van der Waals surface area contributed by atoms with Crippen LogP contribution in [-0.4, -0.2) is 32.8 Å². The third kappa shape index (κ3) is 3.14. The molecule has 0 radical (unpaired) electrons. The van der Waals surface area contributed by atoms with Crippen LogP contribution in [0.15, 0.2) is 28.7 Å². The van der Waals surface area contributed by atoms with Crippen LogP contribution in [0.5, 0.6) is 0 Å². The summed E-state index contributed by atoms with van der Waals surface area (Å²) in [5, 5.41) is 12.0. The molecular formula is C11H12BrNO3S. The summed E-state index contributed by atoms with van der Waals surface area (Å²) in [6.45, 7) is 0. The molecule has 1 aliphatic rings. The van der Waals surface area contributed by atoms with Crippen LogP contribution >= 0.6 is 15.9 Å². The van der Waals surface area contributed by atoms with Gasteiger partial charge >= 0.3 is 5.97 Å². The van der Waals surface area contributed by atoms with Crippen LogP contribution in [0.1, 0.15) is 11.6 Å². The van der Waals surface area contributed by atoms with E-state index in [1.165, 1.54) is 0 Å². The zero-order chi connectivity index (χ0) is 12.4. The summed E-state index contributed by atoms with van der Waals surface area (Å²) < 4.78 is 12.6. The van der Waals surface area contributed by atoms with Crippen LogP contribution in [0, 0.1) is 0 Å². The molecule has 92 valence electrons. The highest BCUT2D eigenvalue weighted by atomic mass is 79.9. The van der Waals surface area contributed by atoms with Crippen LogP contribution in [0.25, 0.3) is 0 Å². The second-order valence-electron chi connectivity index (χ2n) is 3.93. The number of benzene rings is 1. The second kappa shape index (κ2) is 5.29. The fourth-order valence-electron chi connectivity index (χ4n) is 1.81. The smallest absolute Gasteiger partial charge is 0.321 e. The molecule has 6 heteroatoms. The van der Waals surface area contributed by atoms with E-state index in [1.807, 2.05) is 24.3 Å². The number of aliphatic carboxylic acids is 1. The molecule has 3 unspecified atom stereocenters. The molecule has 1 aliphatic heterocycles. The molecule has 0 amide bonds. The zero-order valence-electron chi connectivity index (χ0n) is 8.93. The number of hydrogen-bond acceptors (Lipinski definition) is 3. The van der Waals surface area contributed by atoms with E-state index < -0.39 is 22.8 Å². The highest BCUT2D eigenvalue weighted by molar-refractivity contribution is 9.10. The summed E-state index contributed by atoms with van der Waals surface area (Å²) in [5.74, 6) is -0.298. The van der Waals surface area contributed by atoms with Crippen molar-refractivity contribution in [1.82, 2.24) is 5.32 Å². The van der Waals surface area contributed by atoms with Crippen LogP contribution in [0.4, 0.5) is 0 Å². The van der Waals surface area contributed by atoms with Crippen molar-refractivity contribution in [1.29, 1.82) is 0 Å². The van der Waals surface area contributed by atoms with Gasteiger partial charge in [-0.2, -0.15) is 0 Å². The molecule has 0 aromatic heterocycles. The summed E-state index contributed by atoms with van der Waals surface area (Å²) >= 11 is 3.34. The third-order valence-corrected chi connectivity index (χ3v) is 4.62. The number of carbonyl (C=O) groups is 1. The number of carboxylic acid groups (broad SMARTS) is 1. The molecule has 1 aromatic rings. The van der Waals surface area contributed by atoms with Crippen molar-refractivity contribution in [2.24, 2.45) is 0 Å². The Balaban J connectivity index is 2.18. The lowest BCUT2D eigenvalue weighted by molar-refractivity contribution is -0.139. The van der Waals surface area contributed by atoms with E-state index in [9.17, 15) is 9.00 Å². The van der Waals surface area contributed by atoms with Gasteiger partial charge in [-0.15, -0.1) is 0 Å². The lowest BCUT2D eigenvalue weighted by atomic mass is 10.1. The minimum Gasteiger partial charge on any atom is -0.480 e. The Kier molecular flexibility index (Phi) is 3.96. The normalized spacial score (nSPS) is 28.9. The lowest BCUT2D eigenvalue weighted by Gasteiger charge is -2.28. The van der Waals surface area contributed by atoms with Crippen LogP contribution in [0.2, 0.25) is 0 Å². The average molecular weight is 318 g/mol. The maximum Gasteiger partial charge on any atom is 0.321 e. The van der Waals surface area contributed by atoms with E-state index in [2.05, 4.69) is 21.2 Å². The van der Waals surface area contributed by atoms with Gasteiger partial charge in [0, 0.05) is 32.8 Å². The quantitative estimate of drug-likeness (QED) is 0.862. The number of hydrogen-bond donors (Lipinski definition) is 2. The van der Waals surface area contributed by atoms with E-state index >= 15 is 0 Å². The summed E-state index contributed by atoms with van der Waals surface area (Å²) in [7, 11) is -1.08. The first-order valence-electron chi connectivity index (χ1n) is 5.15. The molecule has 0 aliphatic carbocycles.